The van der Waals surface area contributed by atoms with Gasteiger partial charge in [-0.25, -0.2) is 0 Å². The van der Waals surface area contributed by atoms with Gasteiger partial charge in [-0.05, 0) is 68.3 Å². The van der Waals surface area contributed by atoms with Gasteiger partial charge < -0.3 is 0 Å². The Balaban J connectivity index is 1.51. The molecule has 2 N–H and O–H groups in total. The van der Waals surface area contributed by atoms with Crippen molar-refractivity contribution >= 4 is 34.3 Å². The average Bonchev–Trinajstić information content (AvgIpc) is 2.81. The third kappa shape index (κ3) is 5.09. The number of nitrogens with zero attached hydrogens (tertiary/aromatic N) is 1. The number of aromatic nitrogens is 1. The second-order valence-corrected chi connectivity index (χ2v) is 8.45. The lowest BCUT2D eigenvalue weighted by Gasteiger charge is -2.11. The van der Waals surface area contributed by atoms with Gasteiger partial charge in [-0.3, -0.25) is 25.4 Å². The lowest BCUT2D eigenvalue weighted by atomic mass is 10.0. The number of nitrogens with one attached hydrogen (secondary N) is 2. The molecule has 0 saturated heterocycles. The predicted molar refractivity (Wildman–Crippen MR) is 135 cm³/mol. The second-order valence-electron chi connectivity index (χ2n) is 8.04. The van der Waals surface area contributed by atoms with Crippen LogP contribution in [0.15, 0.2) is 66.9 Å². The standard InChI is InChI=1S/C28H22ClN3O2/c1-17-7-12-25-23(13-17)14-20(16-30-25)9-11-21-15-22(10-8-18(21)2)27(33)31-32-28(34)26-19(3)5-4-6-24(26)29/h4-8,10,12-16H,1-3H3,(H,31,33)(H,32,34). The van der Waals surface area contributed by atoms with Crippen LogP contribution in [0.2, 0.25) is 5.02 Å². The Morgan fingerprint density at radius 3 is 2.44 bits per heavy atom. The van der Waals surface area contributed by atoms with E-state index < -0.39 is 11.8 Å². The number of hydrogen-bond donors (Lipinski definition) is 2. The highest BCUT2D eigenvalue weighted by atomic mass is 35.5. The molecular weight excluding hydrogens is 446 g/mol. The number of amides is 2. The maximum absolute atomic E-state index is 12.6. The summed E-state index contributed by atoms with van der Waals surface area (Å²) < 4.78 is 0. The number of rotatable bonds is 2. The molecule has 5 nitrogen and oxygen atoms in total. The molecule has 6 heteroatoms. The number of carbonyl (C=O) groups is 2. The molecule has 0 saturated carbocycles. The van der Waals surface area contributed by atoms with Gasteiger partial charge in [0.2, 0.25) is 0 Å². The topological polar surface area (TPSA) is 71.1 Å². The van der Waals surface area contributed by atoms with E-state index in [1.54, 1.807) is 43.5 Å². The van der Waals surface area contributed by atoms with Crippen LogP contribution in [0.5, 0.6) is 0 Å². The van der Waals surface area contributed by atoms with Crippen LogP contribution >= 0.6 is 11.6 Å². The van der Waals surface area contributed by atoms with Crippen molar-refractivity contribution in [2.45, 2.75) is 20.8 Å². The molecule has 0 atom stereocenters. The molecule has 3 aromatic carbocycles. The highest BCUT2D eigenvalue weighted by Crippen LogP contribution is 2.19. The molecule has 1 heterocycles. The van der Waals surface area contributed by atoms with Gasteiger partial charge in [0.1, 0.15) is 0 Å². The van der Waals surface area contributed by atoms with Gasteiger partial charge in [0.25, 0.3) is 11.8 Å². The van der Waals surface area contributed by atoms with Crippen LogP contribution < -0.4 is 10.9 Å². The fourth-order valence-electron chi connectivity index (χ4n) is 3.52. The maximum Gasteiger partial charge on any atom is 0.271 e. The second kappa shape index (κ2) is 9.78. The van der Waals surface area contributed by atoms with Crippen LogP contribution in [0.25, 0.3) is 10.9 Å². The number of aryl methyl sites for hydroxylation is 3. The number of hydrazine groups is 1. The van der Waals surface area contributed by atoms with Crippen molar-refractivity contribution in [2.75, 3.05) is 0 Å². The van der Waals surface area contributed by atoms with Crippen molar-refractivity contribution < 1.29 is 9.59 Å². The van der Waals surface area contributed by atoms with E-state index in [1.807, 2.05) is 38.1 Å². The van der Waals surface area contributed by atoms with Crippen molar-refractivity contribution in [2.24, 2.45) is 0 Å². The van der Waals surface area contributed by atoms with E-state index in [-0.39, 0.29) is 0 Å². The molecule has 4 aromatic rings. The zero-order chi connectivity index (χ0) is 24.2. The zero-order valence-electron chi connectivity index (χ0n) is 19.0. The fraction of sp³-hybridized carbons (Fsp3) is 0.107. The van der Waals surface area contributed by atoms with E-state index in [1.165, 1.54) is 0 Å². The predicted octanol–water partition coefficient (Wildman–Crippen LogP) is 5.29. The summed E-state index contributed by atoms with van der Waals surface area (Å²) in [6.07, 6.45) is 1.74. The lowest BCUT2D eigenvalue weighted by molar-refractivity contribution is 0.0846. The SMILES string of the molecule is Cc1ccc2ncc(C#Cc3cc(C(=O)NNC(=O)c4c(C)cccc4Cl)ccc3C)cc2c1. The Hall–Kier alpha value is -4.14. The van der Waals surface area contributed by atoms with Crippen molar-refractivity contribution in [3.05, 3.63) is 111 Å². The summed E-state index contributed by atoms with van der Waals surface area (Å²) in [7, 11) is 0. The first-order valence-corrected chi connectivity index (χ1v) is 11.0. The molecule has 4 rings (SSSR count). The first-order valence-electron chi connectivity index (χ1n) is 10.7. The molecule has 0 unspecified atom stereocenters. The van der Waals surface area contributed by atoms with Crippen LogP contribution in [-0.4, -0.2) is 16.8 Å². The van der Waals surface area contributed by atoms with Gasteiger partial charge in [0.05, 0.1) is 16.1 Å². The van der Waals surface area contributed by atoms with Crippen molar-refractivity contribution in [1.29, 1.82) is 0 Å². The van der Waals surface area contributed by atoms with Crippen LogP contribution in [0.1, 0.15) is 48.5 Å². The van der Waals surface area contributed by atoms with Gasteiger partial charge in [0, 0.05) is 28.3 Å². The van der Waals surface area contributed by atoms with Crippen LogP contribution in [0.3, 0.4) is 0 Å². The maximum atomic E-state index is 12.6. The highest BCUT2D eigenvalue weighted by molar-refractivity contribution is 6.34. The minimum atomic E-state index is -0.484. The summed E-state index contributed by atoms with van der Waals surface area (Å²) in [5.74, 6) is 5.33. The summed E-state index contributed by atoms with van der Waals surface area (Å²) in [6, 6.07) is 18.5. The molecule has 0 aliphatic rings. The molecule has 0 bridgehead atoms. The third-order valence-electron chi connectivity index (χ3n) is 5.42. The van der Waals surface area contributed by atoms with E-state index in [4.69, 9.17) is 11.6 Å². The Kier molecular flexibility index (Phi) is 6.62. The normalized spacial score (nSPS) is 10.4. The van der Waals surface area contributed by atoms with Crippen molar-refractivity contribution in [3.8, 4) is 11.8 Å². The summed E-state index contributed by atoms with van der Waals surface area (Å²) in [4.78, 5) is 29.6. The first kappa shape index (κ1) is 23.0. The number of benzene rings is 3. The molecule has 34 heavy (non-hydrogen) atoms. The monoisotopic (exact) mass is 467 g/mol. The number of fused-ring (bicyclic) bond motifs is 1. The smallest absolute Gasteiger partial charge is 0.267 e. The fourth-order valence-corrected chi connectivity index (χ4v) is 3.83. The van der Waals surface area contributed by atoms with Crippen molar-refractivity contribution in [1.82, 2.24) is 15.8 Å². The van der Waals surface area contributed by atoms with Crippen LogP contribution in [0.4, 0.5) is 0 Å². The summed E-state index contributed by atoms with van der Waals surface area (Å²) in [5.41, 5.74) is 10.8. The summed E-state index contributed by atoms with van der Waals surface area (Å²) in [6.45, 7) is 5.74. The largest absolute Gasteiger partial charge is 0.271 e. The minimum absolute atomic E-state index is 0.318. The number of hydrogen-bond acceptors (Lipinski definition) is 3. The Bertz CT molecular complexity index is 1480. The molecule has 0 spiro atoms. The van der Waals surface area contributed by atoms with E-state index >= 15 is 0 Å². The van der Waals surface area contributed by atoms with E-state index in [0.29, 0.717) is 27.3 Å². The van der Waals surface area contributed by atoms with Gasteiger partial charge in [-0.2, -0.15) is 0 Å². The highest BCUT2D eigenvalue weighted by Gasteiger charge is 2.15. The number of halogens is 1. The van der Waals surface area contributed by atoms with E-state index in [9.17, 15) is 9.59 Å². The van der Waals surface area contributed by atoms with Gasteiger partial charge in [-0.15, -0.1) is 0 Å². The minimum Gasteiger partial charge on any atom is -0.267 e. The quantitative estimate of drug-likeness (QED) is 0.311. The van der Waals surface area contributed by atoms with Crippen LogP contribution in [-0.2, 0) is 0 Å². The molecule has 1 aromatic heterocycles. The summed E-state index contributed by atoms with van der Waals surface area (Å²) in [5, 5.41) is 1.35. The van der Waals surface area contributed by atoms with Crippen molar-refractivity contribution in [3.63, 3.8) is 0 Å². The average molecular weight is 468 g/mol. The molecule has 2 amide bonds. The van der Waals surface area contributed by atoms with Gasteiger partial charge in [-0.1, -0.05) is 53.3 Å². The molecular formula is C28H22ClN3O2. The summed E-state index contributed by atoms with van der Waals surface area (Å²) >= 11 is 6.13. The van der Waals surface area contributed by atoms with Crippen LogP contribution in [0, 0.1) is 32.6 Å². The van der Waals surface area contributed by atoms with Gasteiger partial charge in [0.15, 0.2) is 0 Å². The number of pyridine rings is 1. The molecule has 0 aliphatic carbocycles. The molecule has 0 aliphatic heterocycles. The lowest BCUT2D eigenvalue weighted by Crippen LogP contribution is -2.42. The molecule has 0 radical (unpaired) electrons. The number of carbonyl (C=O) groups excluding carboxylic acids is 2. The Morgan fingerprint density at radius 2 is 1.65 bits per heavy atom. The van der Waals surface area contributed by atoms with E-state index in [2.05, 4.69) is 33.7 Å². The van der Waals surface area contributed by atoms with Gasteiger partial charge >= 0.3 is 0 Å². The van der Waals surface area contributed by atoms with E-state index in [0.717, 1.165) is 27.6 Å². The Labute approximate surface area is 203 Å². The third-order valence-corrected chi connectivity index (χ3v) is 5.73. The zero-order valence-corrected chi connectivity index (χ0v) is 19.7. The Morgan fingerprint density at radius 1 is 0.853 bits per heavy atom. The molecule has 168 valence electrons. The first-order chi connectivity index (χ1) is 16.3. The molecule has 0 fully saturated rings.